The van der Waals surface area contributed by atoms with Crippen molar-refractivity contribution in [2.45, 2.75) is 25.8 Å². The molecular formula is C20H26N2O3. The molecule has 1 atom stereocenters. The lowest BCUT2D eigenvalue weighted by Gasteiger charge is -2.37. The molecule has 2 aromatic rings. The molecule has 0 aliphatic carbocycles. The molecule has 0 bridgehead atoms. The number of hydrogen-bond donors (Lipinski definition) is 1. The minimum Gasteiger partial charge on any atom is -0.497 e. The minimum atomic E-state index is -0.172. The minimum absolute atomic E-state index is 0.150. The molecule has 1 aromatic heterocycles. The molecule has 1 aromatic carbocycles. The Kier molecular flexibility index (Phi) is 5.76. The van der Waals surface area contributed by atoms with E-state index in [0.29, 0.717) is 12.3 Å². The number of rotatable bonds is 6. The molecule has 1 aliphatic heterocycles. The van der Waals surface area contributed by atoms with E-state index in [-0.39, 0.29) is 11.9 Å². The first-order valence-electron chi connectivity index (χ1n) is 8.87. The summed E-state index contributed by atoms with van der Waals surface area (Å²) >= 11 is 0. The van der Waals surface area contributed by atoms with Crippen LogP contribution in [-0.4, -0.2) is 37.6 Å². The molecule has 1 unspecified atom stereocenters. The molecule has 1 N–H and O–H groups in total. The average Bonchev–Trinajstić information content (AvgIpc) is 3.18. The Labute approximate surface area is 149 Å². The molecule has 25 heavy (non-hydrogen) atoms. The van der Waals surface area contributed by atoms with E-state index in [1.807, 2.05) is 12.1 Å². The zero-order valence-corrected chi connectivity index (χ0v) is 14.9. The van der Waals surface area contributed by atoms with Crippen molar-refractivity contribution >= 4 is 5.91 Å². The number of furan rings is 1. The summed E-state index contributed by atoms with van der Waals surface area (Å²) in [5.74, 6) is 1.79. The van der Waals surface area contributed by atoms with E-state index in [2.05, 4.69) is 29.3 Å². The van der Waals surface area contributed by atoms with Crippen LogP contribution in [0.3, 0.4) is 0 Å². The summed E-state index contributed by atoms with van der Waals surface area (Å²) in [5.41, 5.74) is 1.19. The highest BCUT2D eigenvalue weighted by molar-refractivity contribution is 5.91. The molecule has 0 radical (unpaired) electrons. The van der Waals surface area contributed by atoms with Gasteiger partial charge < -0.3 is 14.5 Å². The number of piperidine rings is 1. The van der Waals surface area contributed by atoms with Crippen LogP contribution >= 0.6 is 0 Å². The van der Waals surface area contributed by atoms with Crippen LogP contribution in [-0.2, 0) is 0 Å². The third-order valence-electron chi connectivity index (χ3n) is 4.96. The standard InChI is InChI=1S/C20H26N2O3/c1-15-9-11-22(12-10-15)18(16-5-7-17(24-2)8-6-16)14-21-20(23)19-4-3-13-25-19/h3-8,13,15,18H,9-12,14H2,1-2H3,(H,21,23). The van der Waals surface area contributed by atoms with Crippen LogP contribution in [0.2, 0.25) is 0 Å². The number of ether oxygens (including phenoxy) is 1. The zero-order valence-electron chi connectivity index (χ0n) is 14.9. The first-order valence-corrected chi connectivity index (χ1v) is 8.87. The van der Waals surface area contributed by atoms with Gasteiger partial charge in [-0.2, -0.15) is 0 Å². The molecule has 5 heteroatoms. The van der Waals surface area contributed by atoms with Crippen molar-refractivity contribution in [2.75, 3.05) is 26.7 Å². The van der Waals surface area contributed by atoms with Crippen molar-refractivity contribution < 1.29 is 13.9 Å². The Morgan fingerprint density at radius 3 is 2.60 bits per heavy atom. The predicted molar refractivity (Wildman–Crippen MR) is 96.7 cm³/mol. The number of benzene rings is 1. The number of carbonyl (C=O) groups excluding carboxylic acids is 1. The lowest BCUT2D eigenvalue weighted by atomic mass is 9.95. The number of likely N-dealkylation sites (tertiary alicyclic amines) is 1. The van der Waals surface area contributed by atoms with E-state index < -0.39 is 0 Å². The molecule has 3 rings (SSSR count). The second kappa shape index (κ2) is 8.21. The van der Waals surface area contributed by atoms with Gasteiger partial charge in [0, 0.05) is 6.54 Å². The van der Waals surface area contributed by atoms with Gasteiger partial charge in [0.25, 0.3) is 5.91 Å². The van der Waals surface area contributed by atoms with E-state index in [0.717, 1.165) is 24.8 Å². The fourth-order valence-corrected chi connectivity index (χ4v) is 3.31. The Bertz CT molecular complexity index is 659. The van der Waals surface area contributed by atoms with Gasteiger partial charge in [-0.05, 0) is 61.7 Å². The van der Waals surface area contributed by atoms with Crippen molar-refractivity contribution in [3.63, 3.8) is 0 Å². The van der Waals surface area contributed by atoms with Gasteiger partial charge in [-0.15, -0.1) is 0 Å². The zero-order chi connectivity index (χ0) is 17.6. The highest BCUT2D eigenvalue weighted by Gasteiger charge is 2.25. The van der Waals surface area contributed by atoms with Gasteiger partial charge in [0.05, 0.1) is 19.4 Å². The molecule has 0 saturated carbocycles. The van der Waals surface area contributed by atoms with Crippen LogP contribution < -0.4 is 10.1 Å². The van der Waals surface area contributed by atoms with Crippen LogP contribution in [0.15, 0.2) is 47.1 Å². The van der Waals surface area contributed by atoms with E-state index in [1.54, 1.807) is 19.2 Å². The SMILES string of the molecule is COc1ccc(C(CNC(=O)c2ccco2)N2CCC(C)CC2)cc1. The fraction of sp³-hybridized carbons (Fsp3) is 0.450. The highest BCUT2D eigenvalue weighted by atomic mass is 16.5. The van der Waals surface area contributed by atoms with E-state index >= 15 is 0 Å². The number of methoxy groups -OCH3 is 1. The van der Waals surface area contributed by atoms with Crippen molar-refractivity contribution in [1.82, 2.24) is 10.2 Å². The van der Waals surface area contributed by atoms with Gasteiger partial charge in [0.15, 0.2) is 5.76 Å². The molecule has 1 amide bonds. The number of nitrogens with one attached hydrogen (secondary N) is 1. The van der Waals surface area contributed by atoms with Gasteiger partial charge in [-0.1, -0.05) is 19.1 Å². The molecule has 1 aliphatic rings. The van der Waals surface area contributed by atoms with Crippen molar-refractivity contribution in [3.05, 3.63) is 54.0 Å². The monoisotopic (exact) mass is 342 g/mol. The Hall–Kier alpha value is -2.27. The topological polar surface area (TPSA) is 54.7 Å². The van der Waals surface area contributed by atoms with Crippen LogP contribution in [0.5, 0.6) is 5.75 Å². The summed E-state index contributed by atoms with van der Waals surface area (Å²) in [7, 11) is 1.67. The van der Waals surface area contributed by atoms with Gasteiger partial charge >= 0.3 is 0 Å². The molecule has 1 saturated heterocycles. The van der Waals surface area contributed by atoms with Crippen LogP contribution in [0.25, 0.3) is 0 Å². The van der Waals surface area contributed by atoms with Crippen molar-refractivity contribution in [1.29, 1.82) is 0 Å². The largest absolute Gasteiger partial charge is 0.497 e. The maximum atomic E-state index is 12.2. The smallest absolute Gasteiger partial charge is 0.287 e. The maximum Gasteiger partial charge on any atom is 0.287 e. The molecule has 1 fully saturated rings. The summed E-state index contributed by atoms with van der Waals surface area (Å²) in [6, 6.07) is 11.7. The van der Waals surface area contributed by atoms with E-state index in [1.165, 1.54) is 24.7 Å². The third-order valence-corrected chi connectivity index (χ3v) is 4.96. The summed E-state index contributed by atoms with van der Waals surface area (Å²) in [4.78, 5) is 14.7. The van der Waals surface area contributed by atoms with Gasteiger partial charge in [-0.3, -0.25) is 9.69 Å². The fourth-order valence-electron chi connectivity index (χ4n) is 3.31. The number of nitrogens with zero attached hydrogens (tertiary/aromatic N) is 1. The molecular weight excluding hydrogens is 316 g/mol. The molecule has 0 spiro atoms. The van der Waals surface area contributed by atoms with Crippen molar-refractivity contribution in [2.24, 2.45) is 5.92 Å². The maximum absolute atomic E-state index is 12.2. The Morgan fingerprint density at radius 2 is 2.00 bits per heavy atom. The summed E-state index contributed by atoms with van der Waals surface area (Å²) in [5, 5.41) is 3.02. The second-order valence-electron chi connectivity index (χ2n) is 6.69. The molecule has 134 valence electrons. The Morgan fingerprint density at radius 1 is 1.28 bits per heavy atom. The average molecular weight is 342 g/mol. The number of carbonyl (C=O) groups is 1. The molecule has 2 heterocycles. The van der Waals surface area contributed by atoms with Gasteiger partial charge in [-0.25, -0.2) is 0 Å². The Balaban J connectivity index is 1.72. The van der Waals surface area contributed by atoms with E-state index in [4.69, 9.17) is 9.15 Å². The first-order chi connectivity index (χ1) is 12.2. The van der Waals surface area contributed by atoms with Crippen LogP contribution in [0, 0.1) is 5.92 Å². The highest BCUT2D eigenvalue weighted by Crippen LogP contribution is 2.27. The second-order valence-corrected chi connectivity index (χ2v) is 6.69. The number of amides is 1. The summed E-state index contributed by atoms with van der Waals surface area (Å²) < 4.78 is 10.4. The third kappa shape index (κ3) is 4.42. The lowest BCUT2D eigenvalue weighted by molar-refractivity contribution is 0.0886. The van der Waals surface area contributed by atoms with Gasteiger partial charge in [0.2, 0.25) is 0 Å². The quantitative estimate of drug-likeness (QED) is 0.873. The van der Waals surface area contributed by atoms with E-state index in [9.17, 15) is 4.79 Å². The van der Waals surface area contributed by atoms with Crippen LogP contribution in [0.4, 0.5) is 0 Å². The normalized spacial score (nSPS) is 17.2. The van der Waals surface area contributed by atoms with Crippen LogP contribution in [0.1, 0.15) is 41.9 Å². The number of hydrogen-bond acceptors (Lipinski definition) is 4. The summed E-state index contributed by atoms with van der Waals surface area (Å²) in [6.07, 6.45) is 3.90. The van der Waals surface area contributed by atoms with Crippen molar-refractivity contribution in [3.8, 4) is 5.75 Å². The first kappa shape index (κ1) is 17.5. The molecule has 5 nitrogen and oxygen atoms in total. The predicted octanol–water partition coefficient (Wildman–Crippen LogP) is 3.49. The lowest BCUT2D eigenvalue weighted by Crippen LogP contribution is -2.41. The summed E-state index contributed by atoms with van der Waals surface area (Å²) in [6.45, 7) is 4.96. The van der Waals surface area contributed by atoms with Gasteiger partial charge in [0.1, 0.15) is 5.75 Å².